The predicted octanol–water partition coefficient (Wildman–Crippen LogP) is 5.69. The first-order chi connectivity index (χ1) is 17.1. The molecule has 0 aliphatic carbocycles. The number of nitrogens with zero attached hydrogens (tertiary/aromatic N) is 2. The third kappa shape index (κ3) is 5.46. The van der Waals surface area contributed by atoms with Crippen LogP contribution >= 0.6 is 0 Å². The van der Waals surface area contributed by atoms with Crippen LogP contribution in [0.5, 0.6) is 5.75 Å². The van der Waals surface area contributed by atoms with E-state index in [4.69, 9.17) is 0 Å². The Labute approximate surface area is 204 Å². The fourth-order valence-electron chi connectivity index (χ4n) is 5.08. The van der Waals surface area contributed by atoms with E-state index in [1.165, 1.54) is 11.1 Å². The molecule has 0 bridgehead atoms. The van der Waals surface area contributed by atoms with E-state index in [-0.39, 0.29) is 17.8 Å². The number of carbonyl (C=O) groups is 1. The van der Waals surface area contributed by atoms with Gasteiger partial charge in [-0.2, -0.15) is 8.78 Å². The van der Waals surface area contributed by atoms with Crippen molar-refractivity contribution in [2.45, 2.75) is 38.5 Å². The summed E-state index contributed by atoms with van der Waals surface area (Å²) in [5, 5.41) is 3.20. The molecule has 1 fully saturated rings. The Balaban J connectivity index is 1.21. The largest absolute Gasteiger partial charge is 0.434 e. The molecule has 0 saturated carbocycles. The highest BCUT2D eigenvalue weighted by atomic mass is 19.3. The highest BCUT2D eigenvalue weighted by Gasteiger charge is 2.28. The van der Waals surface area contributed by atoms with Crippen molar-refractivity contribution in [2.24, 2.45) is 0 Å². The van der Waals surface area contributed by atoms with Gasteiger partial charge in [-0.3, -0.25) is 9.80 Å². The molecule has 2 heterocycles. The van der Waals surface area contributed by atoms with Gasteiger partial charge in [0.2, 0.25) is 0 Å². The molecule has 2 amide bonds. The van der Waals surface area contributed by atoms with Gasteiger partial charge in [0.25, 0.3) is 0 Å². The standard InChI is InChI=1S/C28H29F2N3O2/c29-27(30)35-26-11-5-4-9-23(26)18-32-15-6-10-24(19-32)31-28(34)33-16-14-22-17-21(12-13-25(22)33)20-7-2-1-3-8-20/h1-5,7-9,11-13,17,24,27H,6,10,14-16,18-19H2,(H,31,34). The first-order valence-electron chi connectivity index (χ1n) is 12.1. The zero-order valence-corrected chi connectivity index (χ0v) is 19.5. The first kappa shape index (κ1) is 23.3. The summed E-state index contributed by atoms with van der Waals surface area (Å²) in [6, 6.07) is 23.4. The number of hydrogen-bond acceptors (Lipinski definition) is 3. The Morgan fingerprint density at radius 2 is 1.80 bits per heavy atom. The maximum absolute atomic E-state index is 13.2. The van der Waals surface area contributed by atoms with Crippen molar-refractivity contribution in [1.29, 1.82) is 0 Å². The van der Waals surface area contributed by atoms with Gasteiger partial charge in [-0.15, -0.1) is 0 Å². The van der Waals surface area contributed by atoms with Crippen LogP contribution in [0.4, 0.5) is 19.3 Å². The van der Waals surface area contributed by atoms with Crippen molar-refractivity contribution in [3.05, 3.63) is 83.9 Å². The van der Waals surface area contributed by atoms with E-state index in [0.29, 0.717) is 19.6 Å². The van der Waals surface area contributed by atoms with Gasteiger partial charge in [0, 0.05) is 36.9 Å². The van der Waals surface area contributed by atoms with Gasteiger partial charge in [-0.25, -0.2) is 4.79 Å². The van der Waals surface area contributed by atoms with E-state index < -0.39 is 6.61 Å². The van der Waals surface area contributed by atoms with E-state index in [1.54, 1.807) is 12.1 Å². The van der Waals surface area contributed by atoms with Gasteiger partial charge in [-0.05, 0) is 60.7 Å². The quantitative estimate of drug-likeness (QED) is 0.496. The molecule has 0 spiro atoms. The van der Waals surface area contributed by atoms with Gasteiger partial charge in [0.05, 0.1) is 0 Å². The minimum absolute atomic E-state index is 0.00655. The van der Waals surface area contributed by atoms with Crippen LogP contribution in [0.2, 0.25) is 0 Å². The van der Waals surface area contributed by atoms with Crippen LogP contribution in [0.1, 0.15) is 24.0 Å². The molecule has 2 aliphatic heterocycles. The summed E-state index contributed by atoms with van der Waals surface area (Å²) < 4.78 is 30.2. The van der Waals surface area contributed by atoms with Crippen LogP contribution in [-0.4, -0.2) is 43.2 Å². The highest BCUT2D eigenvalue weighted by molar-refractivity contribution is 5.95. The van der Waals surface area contributed by atoms with Gasteiger partial charge < -0.3 is 10.1 Å². The summed E-state index contributed by atoms with van der Waals surface area (Å²) >= 11 is 0. The number of nitrogens with one attached hydrogen (secondary N) is 1. The van der Waals surface area contributed by atoms with Gasteiger partial charge in [-0.1, -0.05) is 54.6 Å². The Morgan fingerprint density at radius 1 is 1.00 bits per heavy atom. The molecule has 1 atom stereocenters. The molecule has 182 valence electrons. The highest BCUT2D eigenvalue weighted by Crippen LogP contribution is 2.32. The van der Waals surface area contributed by atoms with Gasteiger partial charge >= 0.3 is 12.6 Å². The van der Waals surface area contributed by atoms with Crippen LogP contribution in [0.15, 0.2) is 72.8 Å². The summed E-state index contributed by atoms with van der Waals surface area (Å²) in [6.07, 6.45) is 2.66. The summed E-state index contributed by atoms with van der Waals surface area (Å²) in [5.41, 5.74) is 5.20. The Morgan fingerprint density at radius 3 is 2.63 bits per heavy atom. The summed E-state index contributed by atoms with van der Waals surface area (Å²) in [6.45, 7) is -0.165. The number of anilines is 1. The van der Waals surface area contributed by atoms with Crippen molar-refractivity contribution >= 4 is 11.7 Å². The van der Waals surface area contributed by atoms with Gasteiger partial charge in [0.15, 0.2) is 0 Å². The number of amides is 2. The van der Waals surface area contributed by atoms with Crippen molar-refractivity contribution in [3.8, 4) is 16.9 Å². The smallest absolute Gasteiger partial charge is 0.387 e. The molecule has 5 nitrogen and oxygen atoms in total. The molecule has 0 aromatic heterocycles. The third-order valence-corrected chi connectivity index (χ3v) is 6.74. The van der Waals surface area contributed by atoms with Crippen LogP contribution in [0.25, 0.3) is 11.1 Å². The molecule has 1 N–H and O–H groups in total. The maximum Gasteiger partial charge on any atom is 0.387 e. The number of piperidine rings is 1. The van der Waals surface area contributed by atoms with Gasteiger partial charge in [0.1, 0.15) is 5.75 Å². The normalized spacial score (nSPS) is 17.9. The summed E-state index contributed by atoms with van der Waals surface area (Å²) in [5.74, 6) is 0.206. The molecular formula is C28H29F2N3O2. The monoisotopic (exact) mass is 477 g/mol. The number of benzene rings is 3. The van der Waals surface area contributed by atoms with Crippen molar-refractivity contribution in [3.63, 3.8) is 0 Å². The molecule has 1 saturated heterocycles. The van der Waals surface area contributed by atoms with Crippen molar-refractivity contribution in [1.82, 2.24) is 10.2 Å². The van der Waals surface area contributed by atoms with Crippen molar-refractivity contribution in [2.75, 3.05) is 24.5 Å². The summed E-state index contributed by atoms with van der Waals surface area (Å²) in [4.78, 5) is 17.2. The molecule has 0 radical (unpaired) electrons. The molecule has 3 aromatic carbocycles. The number of urea groups is 1. The second-order valence-corrected chi connectivity index (χ2v) is 9.12. The molecule has 2 aliphatic rings. The number of ether oxygens (including phenoxy) is 1. The Kier molecular flexibility index (Phi) is 6.95. The Bertz CT molecular complexity index is 1170. The average molecular weight is 478 g/mol. The number of alkyl halides is 2. The fraction of sp³-hybridized carbons (Fsp3) is 0.321. The Hall–Kier alpha value is -3.45. The SMILES string of the molecule is O=C(NC1CCCN(Cc2ccccc2OC(F)F)C1)N1CCc2cc(-c3ccccc3)ccc21. The second kappa shape index (κ2) is 10.4. The average Bonchev–Trinajstić information content (AvgIpc) is 3.29. The lowest BCUT2D eigenvalue weighted by Crippen LogP contribution is -2.51. The molecule has 5 rings (SSSR count). The lowest BCUT2D eigenvalue weighted by Gasteiger charge is -2.34. The molecule has 1 unspecified atom stereocenters. The zero-order chi connectivity index (χ0) is 24.2. The number of rotatable bonds is 6. The minimum Gasteiger partial charge on any atom is -0.434 e. The van der Waals surface area contributed by atoms with Crippen molar-refractivity contribution < 1.29 is 18.3 Å². The second-order valence-electron chi connectivity index (χ2n) is 9.12. The number of halogens is 2. The molecule has 3 aromatic rings. The predicted molar refractivity (Wildman–Crippen MR) is 133 cm³/mol. The molecule has 7 heteroatoms. The third-order valence-electron chi connectivity index (χ3n) is 6.74. The van der Waals surface area contributed by atoms with E-state index in [2.05, 4.69) is 39.2 Å². The van der Waals surface area contributed by atoms with Crippen LogP contribution in [0.3, 0.4) is 0 Å². The number of fused-ring (bicyclic) bond motifs is 1. The van der Waals surface area contributed by atoms with Crippen LogP contribution in [-0.2, 0) is 13.0 Å². The number of likely N-dealkylation sites (tertiary alicyclic amines) is 1. The van der Waals surface area contributed by atoms with E-state index in [9.17, 15) is 13.6 Å². The number of carbonyl (C=O) groups excluding carboxylic acids is 1. The van der Waals surface area contributed by atoms with E-state index >= 15 is 0 Å². The van der Waals surface area contributed by atoms with Crippen LogP contribution < -0.4 is 15.0 Å². The zero-order valence-electron chi connectivity index (χ0n) is 19.5. The maximum atomic E-state index is 13.2. The van der Waals surface area contributed by atoms with E-state index in [0.717, 1.165) is 42.6 Å². The van der Waals surface area contributed by atoms with Crippen LogP contribution in [0, 0.1) is 0 Å². The topological polar surface area (TPSA) is 44.8 Å². The molecule has 35 heavy (non-hydrogen) atoms. The lowest BCUT2D eigenvalue weighted by atomic mass is 10.0. The molecular weight excluding hydrogens is 448 g/mol. The fourth-order valence-corrected chi connectivity index (χ4v) is 5.08. The number of hydrogen-bond donors (Lipinski definition) is 1. The van der Waals surface area contributed by atoms with E-state index in [1.807, 2.05) is 41.3 Å². The number of para-hydroxylation sites is 1. The minimum atomic E-state index is -2.85. The first-order valence-corrected chi connectivity index (χ1v) is 12.1. The lowest BCUT2D eigenvalue weighted by molar-refractivity contribution is -0.0508. The summed E-state index contributed by atoms with van der Waals surface area (Å²) in [7, 11) is 0.